The molecule has 3 aromatic rings. The lowest BCUT2D eigenvalue weighted by atomic mass is 10.0. The van der Waals surface area contributed by atoms with Crippen LogP contribution in [0.4, 0.5) is 0 Å². The summed E-state index contributed by atoms with van der Waals surface area (Å²) in [6.07, 6.45) is 0. The smallest absolute Gasteiger partial charge is 0.239 e. The van der Waals surface area contributed by atoms with Crippen LogP contribution in [-0.4, -0.2) is 33.3 Å². The van der Waals surface area contributed by atoms with Gasteiger partial charge in [-0.2, -0.15) is 0 Å². The second-order valence-electron chi connectivity index (χ2n) is 7.62. The summed E-state index contributed by atoms with van der Waals surface area (Å²) in [6, 6.07) is 26.3. The van der Waals surface area contributed by atoms with Crippen molar-refractivity contribution >= 4 is 21.8 Å². The second kappa shape index (κ2) is 11.4. The highest BCUT2D eigenvalue weighted by molar-refractivity contribution is 7.88. The molecular formula is C25H27N3O4S. The van der Waals surface area contributed by atoms with E-state index < -0.39 is 22.5 Å². The molecular weight excluding hydrogens is 438 g/mol. The molecule has 0 aliphatic carbocycles. The van der Waals surface area contributed by atoms with Gasteiger partial charge in [0.1, 0.15) is 0 Å². The summed E-state index contributed by atoms with van der Waals surface area (Å²) in [6.45, 7) is 1.18. The Bertz CT molecular complexity index is 1170. The van der Waals surface area contributed by atoms with Gasteiger partial charge >= 0.3 is 0 Å². The molecule has 3 aromatic carbocycles. The Labute approximate surface area is 194 Å². The Morgan fingerprint density at radius 2 is 1.33 bits per heavy atom. The molecule has 7 nitrogen and oxygen atoms in total. The Kier molecular flexibility index (Phi) is 8.34. The Hall–Kier alpha value is -3.49. The fourth-order valence-corrected chi connectivity index (χ4v) is 4.32. The maximum atomic E-state index is 12.2. The highest BCUT2D eigenvalue weighted by Crippen LogP contribution is 2.21. The Balaban J connectivity index is 1.41. The molecule has 3 N–H and O–H groups in total. The number of nitrogens with one attached hydrogen (secondary N) is 3. The molecule has 8 heteroatoms. The predicted octanol–water partition coefficient (Wildman–Crippen LogP) is 2.77. The van der Waals surface area contributed by atoms with Crippen LogP contribution in [0.3, 0.4) is 0 Å². The van der Waals surface area contributed by atoms with Crippen LogP contribution in [0.25, 0.3) is 11.1 Å². The van der Waals surface area contributed by atoms with E-state index >= 15 is 0 Å². The highest BCUT2D eigenvalue weighted by atomic mass is 32.2. The minimum absolute atomic E-state index is 0.220. The molecule has 0 radical (unpaired) electrons. The van der Waals surface area contributed by atoms with Crippen molar-refractivity contribution in [1.82, 2.24) is 15.4 Å². The molecule has 0 aromatic heterocycles. The minimum Gasteiger partial charge on any atom is -0.348 e. The third-order valence-electron chi connectivity index (χ3n) is 4.99. The van der Waals surface area contributed by atoms with Crippen LogP contribution in [-0.2, 0) is 25.4 Å². The monoisotopic (exact) mass is 465 g/mol. The highest BCUT2D eigenvalue weighted by Gasteiger charge is 2.15. The first-order valence-corrected chi connectivity index (χ1v) is 12.2. The average molecular weight is 466 g/mol. The topological polar surface area (TPSA) is 104 Å². The molecule has 0 aliphatic heterocycles. The molecule has 2 amide bonds. The van der Waals surface area contributed by atoms with E-state index in [1.54, 1.807) is 30.3 Å². The Morgan fingerprint density at radius 1 is 0.758 bits per heavy atom. The van der Waals surface area contributed by atoms with Crippen molar-refractivity contribution < 1.29 is 18.0 Å². The minimum atomic E-state index is -3.66. The van der Waals surface area contributed by atoms with E-state index in [-0.39, 0.29) is 24.2 Å². The van der Waals surface area contributed by atoms with Crippen molar-refractivity contribution in [2.45, 2.75) is 18.7 Å². The first-order chi connectivity index (χ1) is 15.8. The van der Waals surface area contributed by atoms with E-state index in [1.165, 1.54) is 0 Å². The van der Waals surface area contributed by atoms with Gasteiger partial charge in [0, 0.05) is 0 Å². The quantitative estimate of drug-likeness (QED) is 0.428. The standard InChI is InChI=1S/C25H27N3O4S/c1-19(21-12-14-23(15-13-21)22-10-6-3-7-11-22)28-25(30)16-26-24(29)17-27-33(31,32)18-20-8-4-2-5-9-20/h2-15,19,27H,16-18H2,1H3,(H,26,29)(H,28,30)/t19-/m0/s1. The van der Waals surface area contributed by atoms with Gasteiger partial charge in [0.25, 0.3) is 0 Å². The molecule has 0 fully saturated rings. The zero-order valence-electron chi connectivity index (χ0n) is 18.3. The van der Waals surface area contributed by atoms with Gasteiger partial charge in [0.2, 0.25) is 21.8 Å². The summed E-state index contributed by atoms with van der Waals surface area (Å²) < 4.78 is 26.4. The van der Waals surface area contributed by atoms with Crippen molar-refractivity contribution in [3.8, 4) is 11.1 Å². The van der Waals surface area contributed by atoms with Gasteiger partial charge in [-0.1, -0.05) is 84.9 Å². The molecule has 0 bridgehead atoms. The van der Waals surface area contributed by atoms with Crippen LogP contribution in [0.5, 0.6) is 0 Å². The summed E-state index contributed by atoms with van der Waals surface area (Å²) >= 11 is 0. The van der Waals surface area contributed by atoms with Gasteiger partial charge in [-0.15, -0.1) is 0 Å². The third-order valence-corrected chi connectivity index (χ3v) is 6.29. The first kappa shape index (κ1) is 24.2. The van der Waals surface area contributed by atoms with E-state index in [0.29, 0.717) is 5.56 Å². The maximum absolute atomic E-state index is 12.2. The summed E-state index contributed by atoms with van der Waals surface area (Å²) in [4.78, 5) is 24.2. The lowest BCUT2D eigenvalue weighted by Crippen LogP contribution is -2.42. The molecule has 172 valence electrons. The Morgan fingerprint density at radius 3 is 1.97 bits per heavy atom. The number of hydrogen-bond acceptors (Lipinski definition) is 4. The SMILES string of the molecule is C[C@H](NC(=O)CNC(=O)CNS(=O)(=O)Cc1ccccc1)c1ccc(-c2ccccc2)cc1. The molecule has 33 heavy (non-hydrogen) atoms. The largest absolute Gasteiger partial charge is 0.348 e. The zero-order chi connectivity index (χ0) is 23.7. The molecule has 0 spiro atoms. The van der Waals surface area contributed by atoms with Crippen LogP contribution in [0.15, 0.2) is 84.9 Å². The number of hydrogen-bond donors (Lipinski definition) is 3. The van der Waals surface area contributed by atoms with Gasteiger partial charge < -0.3 is 10.6 Å². The van der Waals surface area contributed by atoms with Crippen LogP contribution in [0.1, 0.15) is 24.1 Å². The number of carbonyl (C=O) groups excluding carboxylic acids is 2. The van der Waals surface area contributed by atoms with Gasteiger partial charge in [-0.3, -0.25) is 9.59 Å². The fraction of sp³-hybridized carbons (Fsp3) is 0.200. The molecule has 0 unspecified atom stereocenters. The number of carbonyl (C=O) groups is 2. The first-order valence-electron chi connectivity index (χ1n) is 10.5. The fourth-order valence-electron chi connectivity index (χ4n) is 3.23. The lowest BCUT2D eigenvalue weighted by Gasteiger charge is -2.15. The van der Waals surface area contributed by atoms with E-state index in [1.807, 2.05) is 61.5 Å². The van der Waals surface area contributed by atoms with Crippen LogP contribution in [0.2, 0.25) is 0 Å². The summed E-state index contributed by atoms with van der Waals surface area (Å²) in [5.41, 5.74) is 3.75. The molecule has 0 heterocycles. The van der Waals surface area contributed by atoms with E-state index in [0.717, 1.165) is 16.7 Å². The number of rotatable bonds is 10. The normalized spacial score (nSPS) is 12.0. The van der Waals surface area contributed by atoms with Gasteiger partial charge in [0.15, 0.2) is 0 Å². The van der Waals surface area contributed by atoms with E-state index in [2.05, 4.69) is 15.4 Å². The number of benzene rings is 3. The lowest BCUT2D eigenvalue weighted by molar-refractivity contribution is -0.125. The number of amides is 2. The van der Waals surface area contributed by atoms with Crippen molar-refractivity contribution in [1.29, 1.82) is 0 Å². The molecule has 1 atom stereocenters. The van der Waals surface area contributed by atoms with Gasteiger partial charge in [-0.05, 0) is 29.2 Å². The van der Waals surface area contributed by atoms with Crippen LogP contribution >= 0.6 is 0 Å². The molecule has 0 aliphatic rings. The molecule has 0 saturated carbocycles. The average Bonchev–Trinajstić information content (AvgIpc) is 2.82. The predicted molar refractivity (Wildman–Crippen MR) is 129 cm³/mol. The van der Waals surface area contributed by atoms with E-state index in [9.17, 15) is 18.0 Å². The summed E-state index contributed by atoms with van der Waals surface area (Å²) in [5.74, 6) is -1.17. The van der Waals surface area contributed by atoms with Crippen LogP contribution < -0.4 is 15.4 Å². The zero-order valence-corrected chi connectivity index (χ0v) is 19.1. The summed E-state index contributed by atoms with van der Waals surface area (Å²) in [7, 11) is -3.66. The van der Waals surface area contributed by atoms with Gasteiger partial charge in [-0.25, -0.2) is 13.1 Å². The second-order valence-corrected chi connectivity index (χ2v) is 9.43. The van der Waals surface area contributed by atoms with Crippen molar-refractivity contribution in [2.24, 2.45) is 0 Å². The maximum Gasteiger partial charge on any atom is 0.239 e. The van der Waals surface area contributed by atoms with Crippen LogP contribution in [0, 0.1) is 0 Å². The van der Waals surface area contributed by atoms with E-state index in [4.69, 9.17) is 0 Å². The van der Waals surface area contributed by atoms with Crippen molar-refractivity contribution in [3.05, 3.63) is 96.1 Å². The van der Waals surface area contributed by atoms with Crippen molar-refractivity contribution in [3.63, 3.8) is 0 Å². The third kappa shape index (κ3) is 7.85. The molecule has 0 saturated heterocycles. The number of sulfonamides is 1. The van der Waals surface area contributed by atoms with Gasteiger partial charge in [0.05, 0.1) is 24.9 Å². The summed E-state index contributed by atoms with van der Waals surface area (Å²) in [5, 5.41) is 5.25. The molecule has 3 rings (SSSR count). The van der Waals surface area contributed by atoms with Crippen molar-refractivity contribution in [2.75, 3.05) is 13.1 Å².